The highest BCUT2D eigenvalue weighted by Gasteiger charge is 2.21. The Balaban J connectivity index is 1.54. The van der Waals surface area contributed by atoms with Gasteiger partial charge in [0, 0.05) is 44.0 Å². The van der Waals surface area contributed by atoms with Crippen molar-refractivity contribution in [1.29, 1.82) is 0 Å². The van der Waals surface area contributed by atoms with E-state index in [0.29, 0.717) is 11.3 Å². The fraction of sp³-hybridized carbons (Fsp3) is 0.381. The van der Waals surface area contributed by atoms with Gasteiger partial charge in [-0.2, -0.15) is 11.8 Å². The van der Waals surface area contributed by atoms with E-state index < -0.39 is 0 Å². The van der Waals surface area contributed by atoms with E-state index in [9.17, 15) is 4.79 Å². The number of ether oxygens (including phenoxy) is 2. The van der Waals surface area contributed by atoms with E-state index in [4.69, 9.17) is 9.47 Å². The first kappa shape index (κ1) is 19.6. The number of thioether (sulfide) groups is 1. The SMILES string of the molecule is COc1ccc(Oc2ccc(C(=O)N3CCN(CCSC)CC3)cc2)cc1. The lowest BCUT2D eigenvalue weighted by Crippen LogP contribution is -2.49. The number of rotatable bonds is 7. The van der Waals surface area contributed by atoms with E-state index in [1.807, 2.05) is 65.2 Å². The average molecular weight is 387 g/mol. The molecule has 1 amide bonds. The fourth-order valence-corrected chi connectivity index (χ4v) is 3.46. The Bertz CT molecular complexity index is 726. The molecular formula is C21H26N2O3S. The molecule has 1 aliphatic rings. The lowest BCUT2D eigenvalue weighted by molar-refractivity contribution is 0.0644. The number of hydrogen-bond acceptors (Lipinski definition) is 5. The Morgan fingerprint density at radius 3 is 2.04 bits per heavy atom. The van der Waals surface area contributed by atoms with Gasteiger partial charge in [0.05, 0.1) is 7.11 Å². The van der Waals surface area contributed by atoms with Crippen molar-refractivity contribution in [1.82, 2.24) is 9.80 Å². The number of amides is 1. The summed E-state index contributed by atoms with van der Waals surface area (Å²) in [5.41, 5.74) is 0.703. The number of nitrogens with zero attached hydrogens (tertiary/aromatic N) is 2. The quantitative estimate of drug-likeness (QED) is 0.727. The van der Waals surface area contributed by atoms with Crippen LogP contribution < -0.4 is 9.47 Å². The van der Waals surface area contributed by atoms with Crippen LogP contribution in [0.3, 0.4) is 0 Å². The third-order valence-electron chi connectivity index (χ3n) is 4.67. The first-order valence-electron chi connectivity index (χ1n) is 9.12. The van der Waals surface area contributed by atoms with Crippen molar-refractivity contribution in [2.75, 3.05) is 51.8 Å². The second kappa shape index (κ2) is 9.67. The van der Waals surface area contributed by atoms with Gasteiger partial charge in [-0.1, -0.05) is 0 Å². The van der Waals surface area contributed by atoms with Crippen LogP contribution in [0.25, 0.3) is 0 Å². The van der Waals surface area contributed by atoms with Gasteiger partial charge in [-0.25, -0.2) is 0 Å². The number of carbonyl (C=O) groups is 1. The number of carbonyl (C=O) groups excluding carboxylic acids is 1. The van der Waals surface area contributed by atoms with Gasteiger partial charge >= 0.3 is 0 Å². The third-order valence-corrected chi connectivity index (χ3v) is 5.26. The van der Waals surface area contributed by atoms with Crippen molar-refractivity contribution in [3.05, 3.63) is 54.1 Å². The lowest BCUT2D eigenvalue weighted by atomic mass is 10.1. The second-order valence-corrected chi connectivity index (χ2v) is 7.41. The molecule has 2 aromatic carbocycles. The number of hydrogen-bond donors (Lipinski definition) is 0. The topological polar surface area (TPSA) is 42.0 Å². The maximum atomic E-state index is 12.7. The summed E-state index contributed by atoms with van der Waals surface area (Å²) in [5, 5.41) is 0. The molecule has 0 spiro atoms. The molecule has 0 unspecified atom stereocenters. The van der Waals surface area contributed by atoms with Crippen LogP contribution in [0, 0.1) is 0 Å². The molecule has 1 saturated heterocycles. The van der Waals surface area contributed by atoms with Crippen molar-refractivity contribution in [3.8, 4) is 17.2 Å². The minimum absolute atomic E-state index is 0.0931. The van der Waals surface area contributed by atoms with Crippen molar-refractivity contribution < 1.29 is 14.3 Å². The van der Waals surface area contributed by atoms with Gasteiger partial charge in [0.1, 0.15) is 17.2 Å². The Labute approximate surface area is 165 Å². The van der Waals surface area contributed by atoms with Crippen molar-refractivity contribution in [2.45, 2.75) is 0 Å². The summed E-state index contributed by atoms with van der Waals surface area (Å²) in [7, 11) is 1.63. The zero-order valence-corrected chi connectivity index (χ0v) is 16.7. The average Bonchev–Trinajstić information content (AvgIpc) is 2.73. The van der Waals surface area contributed by atoms with E-state index >= 15 is 0 Å². The summed E-state index contributed by atoms with van der Waals surface area (Å²) in [5.74, 6) is 3.46. The molecule has 144 valence electrons. The molecule has 0 bridgehead atoms. The molecule has 2 aromatic rings. The molecule has 27 heavy (non-hydrogen) atoms. The maximum absolute atomic E-state index is 12.7. The molecule has 0 aromatic heterocycles. The van der Waals surface area contributed by atoms with E-state index in [2.05, 4.69) is 11.2 Å². The Morgan fingerprint density at radius 1 is 0.926 bits per heavy atom. The molecule has 1 fully saturated rings. The van der Waals surface area contributed by atoms with Crippen molar-refractivity contribution in [2.24, 2.45) is 0 Å². The van der Waals surface area contributed by atoms with Gasteiger partial charge in [-0.05, 0) is 54.8 Å². The molecule has 0 saturated carbocycles. The van der Waals surface area contributed by atoms with E-state index in [1.54, 1.807) is 7.11 Å². The van der Waals surface area contributed by atoms with Crippen LogP contribution >= 0.6 is 11.8 Å². The molecule has 5 nitrogen and oxygen atoms in total. The van der Waals surface area contributed by atoms with Gasteiger partial charge < -0.3 is 14.4 Å². The standard InChI is InChI=1S/C21H26N2O3S/c1-25-18-7-9-20(10-8-18)26-19-5-3-17(4-6-19)21(24)23-13-11-22(12-14-23)15-16-27-2/h3-10H,11-16H2,1-2H3. The fourth-order valence-electron chi connectivity index (χ4n) is 3.02. The molecule has 1 heterocycles. The minimum atomic E-state index is 0.0931. The Kier molecular flexibility index (Phi) is 7.01. The van der Waals surface area contributed by atoms with Gasteiger partial charge in [0.2, 0.25) is 0 Å². The Morgan fingerprint density at radius 2 is 1.48 bits per heavy atom. The van der Waals surface area contributed by atoms with Crippen LogP contribution in [0.4, 0.5) is 0 Å². The molecule has 6 heteroatoms. The van der Waals surface area contributed by atoms with Crippen LogP contribution in [0.5, 0.6) is 17.2 Å². The highest BCUT2D eigenvalue weighted by molar-refractivity contribution is 7.98. The second-order valence-electron chi connectivity index (χ2n) is 6.43. The van der Waals surface area contributed by atoms with E-state index in [-0.39, 0.29) is 5.91 Å². The maximum Gasteiger partial charge on any atom is 0.253 e. The van der Waals surface area contributed by atoms with Crippen LogP contribution in [-0.2, 0) is 0 Å². The summed E-state index contributed by atoms with van der Waals surface area (Å²) >= 11 is 1.86. The van der Waals surface area contributed by atoms with E-state index in [1.165, 1.54) is 0 Å². The normalized spacial score (nSPS) is 14.8. The molecule has 0 radical (unpaired) electrons. The lowest BCUT2D eigenvalue weighted by Gasteiger charge is -2.34. The first-order chi connectivity index (χ1) is 13.2. The summed E-state index contributed by atoms with van der Waals surface area (Å²) < 4.78 is 11.0. The molecule has 3 rings (SSSR count). The highest BCUT2D eigenvalue weighted by atomic mass is 32.2. The predicted octanol–water partition coefficient (Wildman–Crippen LogP) is 3.61. The van der Waals surface area contributed by atoms with Gasteiger partial charge in [-0.15, -0.1) is 0 Å². The largest absolute Gasteiger partial charge is 0.497 e. The van der Waals surface area contributed by atoms with Crippen LogP contribution in [0.15, 0.2) is 48.5 Å². The summed E-state index contributed by atoms with van der Waals surface area (Å²) in [6, 6.07) is 14.8. The summed E-state index contributed by atoms with van der Waals surface area (Å²) in [6.45, 7) is 4.57. The molecule has 0 atom stereocenters. The Hall–Kier alpha value is -2.18. The van der Waals surface area contributed by atoms with Gasteiger partial charge in [0.25, 0.3) is 5.91 Å². The molecule has 0 N–H and O–H groups in total. The molecular weight excluding hydrogens is 360 g/mol. The predicted molar refractivity (Wildman–Crippen MR) is 110 cm³/mol. The number of piperazine rings is 1. The van der Waals surface area contributed by atoms with Gasteiger partial charge in [0.15, 0.2) is 0 Å². The van der Waals surface area contributed by atoms with Crippen LogP contribution in [0.2, 0.25) is 0 Å². The zero-order chi connectivity index (χ0) is 19.1. The highest BCUT2D eigenvalue weighted by Crippen LogP contribution is 2.24. The first-order valence-corrected chi connectivity index (χ1v) is 10.5. The summed E-state index contributed by atoms with van der Waals surface area (Å²) in [6.07, 6.45) is 2.13. The van der Waals surface area contributed by atoms with Crippen molar-refractivity contribution in [3.63, 3.8) is 0 Å². The molecule has 0 aliphatic carbocycles. The third kappa shape index (κ3) is 5.40. The van der Waals surface area contributed by atoms with E-state index in [0.717, 1.165) is 50.0 Å². The van der Waals surface area contributed by atoms with Gasteiger partial charge in [-0.3, -0.25) is 9.69 Å². The zero-order valence-electron chi connectivity index (χ0n) is 15.9. The van der Waals surface area contributed by atoms with Crippen LogP contribution in [0.1, 0.15) is 10.4 Å². The minimum Gasteiger partial charge on any atom is -0.497 e. The van der Waals surface area contributed by atoms with Crippen molar-refractivity contribution >= 4 is 17.7 Å². The number of benzene rings is 2. The van der Waals surface area contributed by atoms with Crippen LogP contribution in [-0.4, -0.2) is 67.5 Å². The number of methoxy groups -OCH3 is 1. The smallest absolute Gasteiger partial charge is 0.253 e. The molecule has 1 aliphatic heterocycles. The summed E-state index contributed by atoms with van der Waals surface area (Å²) in [4.78, 5) is 17.1. The monoisotopic (exact) mass is 386 g/mol.